The van der Waals surface area contributed by atoms with Gasteiger partial charge >= 0.3 is 0 Å². The van der Waals surface area contributed by atoms with E-state index in [0.29, 0.717) is 25.4 Å². The Hall–Kier alpha value is -3.80. The Labute approximate surface area is 194 Å². The van der Waals surface area contributed by atoms with E-state index in [-0.39, 0.29) is 11.9 Å². The lowest BCUT2D eigenvalue weighted by Crippen LogP contribution is -2.55. The second-order valence-electron chi connectivity index (χ2n) is 8.53. The number of aliphatic imine (C=N–C) groups is 1. The van der Waals surface area contributed by atoms with E-state index in [1.54, 1.807) is 7.11 Å². The SMILES string of the molecule is COc1ccc2c(c1)Oc1cc(C)ccc1N=C2N1CCN(C(=O)c2ccccc2)[C@H](C)C1. The number of methoxy groups -OCH3 is 1. The average molecular weight is 442 g/mol. The lowest BCUT2D eigenvalue weighted by atomic mass is 10.1. The van der Waals surface area contributed by atoms with Crippen molar-refractivity contribution in [1.29, 1.82) is 0 Å². The van der Waals surface area contributed by atoms with Gasteiger partial charge in [0.25, 0.3) is 5.91 Å². The number of aryl methyl sites for hydroxylation is 1. The molecule has 6 heteroatoms. The number of amides is 1. The summed E-state index contributed by atoms with van der Waals surface area (Å²) in [5.74, 6) is 3.10. The number of amidine groups is 1. The molecule has 168 valence electrons. The highest BCUT2D eigenvalue weighted by atomic mass is 16.5. The van der Waals surface area contributed by atoms with Gasteiger partial charge in [-0.15, -0.1) is 0 Å². The first-order chi connectivity index (χ1) is 16.0. The highest BCUT2D eigenvalue weighted by Crippen LogP contribution is 2.40. The van der Waals surface area contributed by atoms with Crippen LogP contribution in [0.25, 0.3) is 0 Å². The van der Waals surface area contributed by atoms with E-state index < -0.39 is 0 Å². The fourth-order valence-corrected chi connectivity index (χ4v) is 4.43. The van der Waals surface area contributed by atoms with E-state index in [4.69, 9.17) is 14.5 Å². The Balaban J connectivity index is 1.48. The molecule has 2 aliphatic rings. The Morgan fingerprint density at radius 3 is 2.61 bits per heavy atom. The number of ether oxygens (including phenoxy) is 2. The normalized spacial score (nSPS) is 17.3. The molecule has 3 aromatic rings. The summed E-state index contributed by atoms with van der Waals surface area (Å²) >= 11 is 0. The Morgan fingerprint density at radius 1 is 1.03 bits per heavy atom. The van der Waals surface area contributed by atoms with Gasteiger partial charge in [0.1, 0.15) is 23.0 Å². The van der Waals surface area contributed by atoms with Crippen LogP contribution in [0.3, 0.4) is 0 Å². The maximum atomic E-state index is 13.1. The Morgan fingerprint density at radius 2 is 1.85 bits per heavy atom. The van der Waals surface area contributed by atoms with Gasteiger partial charge in [-0.05, 0) is 55.8 Å². The van der Waals surface area contributed by atoms with E-state index in [1.165, 1.54) is 0 Å². The standard InChI is InChI=1S/C27H27N3O3/c1-18-9-12-23-25(15-18)33-24-16-21(32-3)10-11-22(24)26(28-23)29-13-14-30(19(2)17-29)27(31)20-7-5-4-6-8-20/h4-12,15-16,19H,13-14,17H2,1-3H3/t19-/m1/s1. The van der Waals surface area contributed by atoms with Crippen molar-refractivity contribution in [3.8, 4) is 17.2 Å². The summed E-state index contributed by atoms with van der Waals surface area (Å²) < 4.78 is 11.7. The minimum atomic E-state index is 0.0394. The average Bonchev–Trinajstić information content (AvgIpc) is 2.99. The zero-order chi connectivity index (χ0) is 22.9. The van der Waals surface area contributed by atoms with Crippen LogP contribution < -0.4 is 9.47 Å². The van der Waals surface area contributed by atoms with Crippen LogP contribution in [-0.4, -0.2) is 54.3 Å². The summed E-state index contributed by atoms with van der Waals surface area (Å²) in [5.41, 5.74) is 3.54. The lowest BCUT2D eigenvalue weighted by Gasteiger charge is -2.41. The van der Waals surface area contributed by atoms with Crippen molar-refractivity contribution in [3.63, 3.8) is 0 Å². The third kappa shape index (κ3) is 4.04. The first-order valence-electron chi connectivity index (χ1n) is 11.2. The van der Waals surface area contributed by atoms with Crippen LogP contribution in [0.1, 0.15) is 28.4 Å². The summed E-state index contributed by atoms with van der Waals surface area (Å²) in [6.07, 6.45) is 0. The van der Waals surface area contributed by atoms with E-state index in [1.807, 2.05) is 78.6 Å². The van der Waals surface area contributed by atoms with Gasteiger partial charge in [0.2, 0.25) is 0 Å². The molecule has 0 bridgehead atoms. The molecule has 1 fully saturated rings. The van der Waals surface area contributed by atoms with Crippen LogP contribution in [0.5, 0.6) is 17.2 Å². The van der Waals surface area contributed by atoms with Crippen molar-refractivity contribution < 1.29 is 14.3 Å². The number of carbonyl (C=O) groups excluding carboxylic acids is 1. The van der Waals surface area contributed by atoms with Crippen LogP contribution in [0, 0.1) is 6.92 Å². The third-order valence-corrected chi connectivity index (χ3v) is 6.20. The van der Waals surface area contributed by atoms with Gasteiger partial charge in [-0.3, -0.25) is 4.79 Å². The molecular weight excluding hydrogens is 414 g/mol. The van der Waals surface area contributed by atoms with Gasteiger partial charge in [-0.25, -0.2) is 4.99 Å². The maximum Gasteiger partial charge on any atom is 0.254 e. The van der Waals surface area contributed by atoms with Gasteiger partial charge < -0.3 is 19.3 Å². The first-order valence-corrected chi connectivity index (χ1v) is 11.2. The van der Waals surface area contributed by atoms with E-state index >= 15 is 0 Å². The molecule has 2 aliphatic heterocycles. The number of hydrogen-bond acceptors (Lipinski definition) is 5. The Kier molecular flexibility index (Phi) is 5.50. The summed E-state index contributed by atoms with van der Waals surface area (Å²) in [6.45, 7) is 6.13. The highest BCUT2D eigenvalue weighted by molar-refractivity contribution is 6.04. The lowest BCUT2D eigenvalue weighted by molar-refractivity contribution is 0.0581. The maximum absolute atomic E-state index is 13.1. The second kappa shape index (κ2) is 8.62. The minimum absolute atomic E-state index is 0.0394. The predicted molar refractivity (Wildman–Crippen MR) is 129 cm³/mol. The zero-order valence-electron chi connectivity index (χ0n) is 19.1. The van der Waals surface area contributed by atoms with Crippen molar-refractivity contribution in [3.05, 3.63) is 83.4 Å². The molecule has 0 aliphatic carbocycles. The number of piperazine rings is 1. The van der Waals surface area contributed by atoms with Gasteiger partial charge in [0.15, 0.2) is 5.75 Å². The minimum Gasteiger partial charge on any atom is -0.497 e. The number of rotatable bonds is 2. The molecule has 5 rings (SSSR count). The number of nitrogens with zero attached hydrogens (tertiary/aromatic N) is 3. The zero-order valence-corrected chi connectivity index (χ0v) is 19.1. The van der Waals surface area contributed by atoms with Crippen molar-refractivity contribution in [2.24, 2.45) is 4.99 Å². The van der Waals surface area contributed by atoms with Crippen LogP contribution in [-0.2, 0) is 0 Å². The van der Waals surface area contributed by atoms with Crippen molar-refractivity contribution in [1.82, 2.24) is 9.80 Å². The van der Waals surface area contributed by atoms with Crippen LogP contribution >= 0.6 is 0 Å². The van der Waals surface area contributed by atoms with Crippen LogP contribution in [0.2, 0.25) is 0 Å². The fourth-order valence-electron chi connectivity index (χ4n) is 4.43. The Bertz CT molecular complexity index is 1220. The number of hydrogen-bond donors (Lipinski definition) is 0. The smallest absolute Gasteiger partial charge is 0.254 e. The monoisotopic (exact) mass is 441 g/mol. The molecule has 0 unspecified atom stereocenters. The van der Waals surface area contributed by atoms with Crippen LogP contribution in [0.15, 0.2) is 71.7 Å². The quantitative estimate of drug-likeness (QED) is 0.560. The summed E-state index contributed by atoms with van der Waals surface area (Å²) in [5, 5.41) is 0. The van der Waals surface area contributed by atoms with Crippen molar-refractivity contribution >= 4 is 17.4 Å². The molecule has 6 nitrogen and oxygen atoms in total. The van der Waals surface area contributed by atoms with Gasteiger partial charge in [-0.1, -0.05) is 24.3 Å². The summed E-state index contributed by atoms with van der Waals surface area (Å²) in [7, 11) is 1.65. The molecule has 1 saturated heterocycles. The molecule has 0 spiro atoms. The largest absolute Gasteiger partial charge is 0.497 e. The molecule has 1 amide bonds. The van der Waals surface area contributed by atoms with Crippen LogP contribution in [0.4, 0.5) is 5.69 Å². The number of benzene rings is 3. The molecule has 2 heterocycles. The fraction of sp³-hybridized carbons (Fsp3) is 0.259. The first kappa shape index (κ1) is 21.1. The predicted octanol–water partition coefficient (Wildman–Crippen LogP) is 5.03. The van der Waals surface area contributed by atoms with E-state index in [2.05, 4.69) is 11.8 Å². The molecular formula is C27H27N3O3. The van der Waals surface area contributed by atoms with E-state index in [9.17, 15) is 4.79 Å². The summed E-state index contributed by atoms with van der Waals surface area (Å²) in [4.78, 5) is 22.3. The van der Waals surface area contributed by atoms with Crippen molar-refractivity contribution in [2.75, 3.05) is 26.7 Å². The molecule has 33 heavy (non-hydrogen) atoms. The second-order valence-corrected chi connectivity index (χ2v) is 8.53. The van der Waals surface area contributed by atoms with Gasteiger partial charge in [0, 0.05) is 37.3 Å². The molecule has 3 aromatic carbocycles. The highest BCUT2D eigenvalue weighted by Gasteiger charge is 2.32. The number of fused-ring (bicyclic) bond motifs is 2. The van der Waals surface area contributed by atoms with E-state index in [0.717, 1.165) is 39.7 Å². The topological polar surface area (TPSA) is 54.4 Å². The summed E-state index contributed by atoms with van der Waals surface area (Å²) in [6, 6.07) is 21.4. The molecule has 0 aromatic heterocycles. The van der Waals surface area contributed by atoms with Gasteiger partial charge in [0.05, 0.1) is 12.7 Å². The molecule has 1 atom stereocenters. The molecule has 0 saturated carbocycles. The molecule has 0 N–H and O–H groups in total. The van der Waals surface area contributed by atoms with Gasteiger partial charge in [-0.2, -0.15) is 0 Å². The number of carbonyl (C=O) groups is 1. The molecule has 0 radical (unpaired) electrons. The van der Waals surface area contributed by atoms with Crippen molar-refractivity contribution in [2.45, 2.75) is 19.9 Å². The third-order valence-electron chi connectivity index (χ3n) is 6.20.